The van der Waals surface area contributed by atoms with Crippen molar-refractivity contribution in [1.29, 1.82) is 0 Å². The summed E-state index contributed by atoms with van der Waals surface area (Å²) in [6.45, 7) is 0. The number of anilines is 1. The number of hydrogen-bond donors (Lipinski definition) is 1. The molecule has 0 saturated heterocycles. The highest BCUT2D eigenvalue weighted by molar-refractivity contribution is 6.30. The van der Waals surface area contributed by atoms with E-state index in [9.17, 15) is 4.39 Å². The number of halogens is 2. The average molecular weight is 254 g/mol. The lowest BCUT2D eigenvalue weighted by molar-refractivity contribution is 0.413. The van der Waals surface area contributed by atoms with Gasteiger partial charge < -0.3 is 10.5 Å². The van der Waals surface area contributed by atoms with Gasteiger partial charge in [0.1, 0.15) is 5.82 Å². The third-order valence-corrected chi connectivity index (χ3v) is 2.41. The fourth-order valence-electron chi connectivity index (χ4n) is 1.34. The van der Waals surface area contributed by atoms with Crippen molar-refractivity contribution in [2.45, 2.75) is 0 Å². The number of hydrogen-bond acceptors (Lipinski definition) is 4. The van der Waals surface area contributed by atoms with Crippen LogP contribution in [-0.4, -0.2) is 17.1 Å². The van der Waals surface area contributed by atoms with E-state index in [1.54, 1.807) is 0 Å². The third kappa shape index (κ3) is 2.29. The second kappa shape index (κ2) is 4.55. The minimum atomic E-state index is -0.459. The molecule has 2 N–H and O–H groups in total. The fourth-order valence-corrected chi connectivity index (χ4v) is 1.51. The molecule has 2 aromatic rings. The van der Waals surface area contributed by atoms with E-state index in [0.29, 0.717) is 10.8 Å². The molecule has 0 atom stereocenters. The molecular weight excluding hydrogens is 245 g/mol. The van der Waals surface area contributed by atoms with Crippen LogP contribution in [0.1, 0.15) is 0 Å². The number of aromatic nitrogens is 2. The second-order valence-electron chi connectivity index (χ2n) is 3.27. The van der Waals surface area contributed by atoms with Gasteiger partial charge in [0.15, 0.2) is 17.4 Å². The SMILES string of the molecule is COc1cnc(-c2cc(Cl)ccc2F)nc1N. The van der Waals surface area contributed by atoms with Crippen LogP contribution < -0.4 is 10.5 Å². The van der Waals surface area contributed by atoms with E-state index in [1.165, 1.54) is 31.5 Å². The van der Waals surface area contributed by atoms with E-state index < -0.39 is 5.82 Å². The van der Waals surface area contributed by atoms with Crippen LogP contribution in [0.3, 0.4) is 0 Å². The van der Waals surface area contributed by atoms with Crippen molar-refractivity contribution in [3.63, 3.8) is 0 Å². The molecule has 0 aliphatic rings. The molecule has 0 saturated carbocycles. The molecule has 1 aromatic carbocycles. The lowest BCUT2D eigenvalue weighted by atomic mass is 10.2. The lowest BCUT2D eigenvalue weighted by Crippen LogP contribution is -2.00. The number of rotatable bonds is 2. The highest BCUT2D eigenvalue weighted by Crippen LogP contribution is 2.26. The molecule has 17 heavy (non-hydrogen) atoms. The Balaban J connectivity index is 2.53. The Morgan fingerprint density at radius 3 is 2.82 bits per heavy atom. The Morgan fingerprint density at radius 1 is 1.41 bits per heavy atom. The zero-order valence-electron chi connectivity index (χ0n) is 8.95. The second-order valence-corrected chi connectivity index (χ2v) is 3.71. The van der Waals surface area contributed by atoms with E-state index in [4.69, 9.17) is 22.1 Å². The fraction of sp³-hybridized carbons (Fsp3) is 0.0909. The molecule has 0 aliphatic carbocycles. The van der Waals surface area contributed by atoms with Crippen molar-refractivity contribution in [3.8, 4) is 17.1 Å². The molecule has 88 valence electrons. The average Bonchev–Trinajstić information content (AvgIpc) is 2.32. The molecule has 0 spiro atoms. The first-order chi connectivity index (χ1) is 8.11. The number of nitrogens with two attached hydrogens (primary N) is 1. The van der Waals surface area contributed by atoms with Crippen LogP contribution in [0.25, 0.3) is 11.4 Å². The van der Waals surface area contributed by atoms with Crippen molar-refractivity contribution >= 4 is 17.4 Å². The van der Waals surface area contributed by atoms with Gasteiger partial charge in [-0.3, -0.25) is 0 Å². The van der Waals surface area contributed by atoms with Crippen LogP contribution in [0.15, 0.2) is 24.4 Å². The summed E-state index contributed by atoms with van der Waals surface area (Å²) in [5.41, 5.74) is 5.83. The molecular formula is C11H9ClFN3O. The maximum Gasteiger partial charge on any atom is 0.179 e. The van der Waals surface area contributed by atoms with E-state index >= 15 is 0 Å². The van der Waals surface area contributed by atoms with Gasteiger partial charge in [0.25, 0.3) is 0 Å². The molecule has 2 rings (SSSR count). The molecule has 4 nitrogen and oxygen atoms in total. The summed E-state index contributed by atoms with van der Waals surface area (Å²) in [7, 11) is 1.45. The van der Waals surface area contributed by atoms with Gasteiger partial charge in [0.2, 0.25) is 0 Å². The summed E-state index contributed by atoms with van der Waals surface area (Å²) in [5.74, 6) is 0.204. The first-order valence-electron chi connectivity index (χ1n) is 4.73. The highest BCUT2D eigenvalue weighted by atomic mass is 35.5. The summed E-state index contributed by atoms with van der Waals surface area (Å²) in [5, 5.41) is 0.402. The monoisotopic (exact) mass is 253 g/mol. The number of ether oxygens (including phenoxy) is 1. The maximum atomic E-state index is 13.6. The molecule has 6 heteroatoms. The van der Waals surface area contributed by atoms with Crippen molar-refractivity contribution in [2.75, 3.05) is 12.8 Å². The van der Waals surface area contributed by atoms with Crippen molar-refractivity contribution in [1.82, 2.24) is 9.97 Å². The van der Waals surface area contributed by atoms with E-state index in [0.717, 1.165) is 0 Å². The summed E-state index contributed by atoms with van der Waals surface area (Å²) >= 11 is 5.79. The largest absolute Gasteiger partial charge is 0.491 e. The van der Waals surface area contributed by atoms with Crippen LogP contribution in [0.5, 0.6) is 5.75 Å². The number of methoxy groups -OCH3 is 1. The topological polar surface area (TPSA) is 61.0 Å². The van der Waals surface area contributed by atoms with Gasteiger partial charge in [-0.05, 0) is 18.2 Å². The van der Waals surface area contributed by atoms with Gasteiger partial charge in [-0.15, -0.1) is 0 Å². The predicted octanol–water partition coefficient (Wildman–Crippen LogP) is 2.53. The molecule has 1 aromatic heterocycles. The third-order valence-electron chi connectivity index (χ3n) is 2.17. The van der Waals surface area contributed by atoms with Crippen molar-refractivity contribution in [2.24, 2.45) is 0 Å². The Bertz CT molecular complexity index is 562. The quantitative estimate of drug-likeness (QED) is 0.893. The standard InChI is InChI=1S/C11H9ClFN3O/c1-17-9-5-15-11(16-10(9)14)7-4-6(12)2-3-8(7)13/h2-5H,1H3,(H2,14,15,16). The number of nitrogen functional groups attached to an aromatic ring is 1. The Labute approximate surface area is 102 Å². The minimum Gasteiger partial charge on any atom is -0.491 e. The van der Waals surface area contributed by atoms with Gasteiger partial charge in [0, 0.05) is 5.02 Å². The molecule has 0 aliphatic heterocycles. The molecule has 0 radical (unpaired) electrons. The highest BCUT2D eigenvalue weighted by Gasteiger charge is 2.11. The van der Waals surface area contributed by atoms with Gasteiger partial charge >= 0.3 is 0 Å². The lowest BCUT2D eigenvalue weighted by Gasteiger charge is -2.06. The van der Waals surface area contributed by atoms with E-state index in [1.807, 2.05) is 0 Å². The first kappa shape index (κ1) is 11.6. The van der Waals surface area contributed by atoms with E-state index in [-0.39, 0.29) is 17.2 Å². The van der Waals surface area contributed by atoms with Gasteiger partial charge in [0.05, 0.1) is 18.9 Å². The van der Waals surface area contributed by atoms with Gasteiger partial charge in [-0.25, -0.2) is 14.4 Å². The zero-order valence-corrected chi connectivity index (χ0v) is 9.70. The smallest absolute Gasteiger partial charge is 0.179 e. The summed E-state index contributed by atoms with van der Waals surface area (Å²) in [6.07, 6.45) is 1.39. The first-order valence-corrected chi connectivity index (χ1v) is 5.11. The zero-order chi connectivity index (χ0) is 12.4. The van der Waals surface area contributed by atoms with Crippen LogP contribution in [0.4, 0.5) is 10.2 Å². The summed E-state index contributed by atoms with van der Waals surface area (Å²) in [6, 6.07) is 4.15. The van der Waals surface area contributed by atoms with Crippen LogP contribution in [-0.2, 0) is 0 Å². The summed E-state index contributed by atoms with van der Waals surface area (Å²) in [4.78, 5) is 7.93. The van der Waals surface area contributed by atoms with E-state index in [2.05, 4.69) is 9.97 Å². The maximum absolute atomic E-state index is 13.6. The Hall–Kier alpha value is -1.88. The molecule has 0 bridgehead atoms. The molecule has 1 heterocycles. The minimum absolute atomic E-state index is 0.150. The van der Waals surface area contributed by atoms with Crippen LogP contribution in [0, 0.1) is 5.82 Å². The van der Waals surface area contributed by atoms with Crippen molar-refractivity contribution in [3.05, 3.63) is 35.2 Å². The Morgan fingerprint density at radius 2 is 2.18 bits per heavy atom. The molecule has 0 amide bonds. The van der Waals surface area contributed by atoms with Crippen LogP contribution >= 0.6 is 11.6 Å². The normalized spacial score (nSPS) is 10.3. The van der Waals surface area contributed by atoms with Crippen molar-refractivity contribution < 1.29 is 9.13 Å². The van der Waals surface area contributed by atoms with Gasteiger partial charge in [-0.1, -0.05) is 11.6 Å². The molecule has 0 fully saturated rings. The summed E-state index contributed by atoms with van der Waals surface area (Å²) < 4.78 is 18.5. The van der Waals surface area contributed by atoms with Crippen LogP contribution in [0.2, 0.25) is 5.02 Å². The predicted molar refractivity (Wildman–Crippen MR) is 63.4 cm³/mol. The number of benzene rings is 1. The Kier molecular flexibility index (Phi) is 3.10. The van der Waals surface area contributed by atoms with Gasteiger partial charge in [-0.2, -0.15) is 0 Å². The molecule has 0 unspecified atom stereocenters. The number of nitrogens with zero attached hydrogens (tertiary/aromatic N) is 2.